The lowest BCUT2D eigenvalue weighted by molar-refractivity contribution is 0.253. The summed E-state index contributed by atoms with van der Waals surface area (Å²) in [6, 6.07) is 14.0. The van der Waals surface area contributed by atoms with Crippen LogP contribution in [-0.4, -0.2) is 36.8 Å². The Labute approximate surface area is 177 Å². The molecule has 1 aliphatic heterocycles. The average molecular weight is 477 g/mol. The van der Waals surface area contributed by atoms with Crippen molar-refractivity contribution in [1.82, 2.24) is 9.29 Å². The molecule has 3 aromatic rings. The van der Waals surface area contributed by atoms with Crippen molar-refractivity contribution in [3.63, 3.8) is 0 Å². The molecule has 0 unspecified atom stereocenters. The van der Waals surface area contributed by atoms with Crippen LogP contribution in [0.4, 0.5) is 10.6 Å². The van der Waals surface area contributed by atoms with Gasteiger partial charge in [-0.25, -0.2) is 13.2 Å². The lowest BCUT2D eigenvalue weighted by Crippen LogP contribution is -2.37. The number of amides is 2. The van der Waals surface area contributed by atoms with Crippen molar-refractivity contribution < 1.29 is 13.2 Å². The molecule has 0 radical (unpaired) electrons. The van der Waals surface area contributed by atoms with Gasteiger partial charge >= 0.3 is 6.03 Å². The minimum Gasteiger partial charge on any atom is -0.351 e. The van der Waals surface area contributed by atoms with Gasteiger partial charge in [-0.2, -0.15) is 4.31 Å². The van der Waals surface area contributed by atoms with Gasteiger partial charge in [0.1, 0.15) is 10.7 Å². The van der Waals surface area contributed by atoms with E-state index in [1.807, 2.05) is 36.4 Å². The van der Waals surface area contributed by atoms with Crippen molar-refractivity contribution in [2.75, 3.05) is 18.0 Å². The number of halogens is 1. The van der Waals surface area contributed by atoms with Gasteiger partial charge in [0.15, 0.2) is 0 Å². The molecular formula is C20H21BrN4O3S. The van der Waals surface area contributed by atoms with E-state index in [-0.39, 0.29) is 17.3 Å². The highest BCUT2D eigenvalue weighted by Crippen LogP contribution is 2.38. The zero-order valence-electron chi connectivity index (χ0n) is 15.6. The fourth-order valence-electron chi connectivity index (χ4n) is 3.67. The number of rotatable bonds is 5. The minimum absolute atomic E-state index is 0.0884. The van der Waals surface area contributed by atoms with Crippen LogP contribution in [-0.2, 0) is 16.6 Å². The molecule has 29 heavy (non-hydrogen) atoms. The van der Waals surface area contributed by atoms with E-state index in [0.29, 0.717) is 24.0 Å². The first-order chi connectivity index (χ1) is 13.9. The third-order valence-corrected chi connectivity index (χ3v) is 7.54. The van der Waals surface area contributed by atoms with Crippen LogP contribution in [0.15, 0.2) is 57.9 Å². The first-order valence-corrected chi connectivity index (χ1v) is 11.5. The number of hydrogen-bond acceptors (Lipinski definition) is 3. The molecule has 1 aromatic heterocycles. The quantitative estimate of drug-likeness (QED) is 0.585. The Bertz CT molecular complexity index is 1160. The Morgan fingerprint density at radius 2 is 1.83 bits per heavy atom. The number of fused-ring (bicyclic) bond motifs is 1. The highest BCUT2D eigenvalue weighted by molar-refractivity contribution is 9.10. The fourth-order valence-corrected chi connectivity index (χ4v) is 5.88. The first kappa shape index (κ1) is 19.9. The molecule has 3 N–H and O–H groups in total. The number of nitrogens with zero attached hydrogens (tertiary/aromatic N) is 2. The van der Waals surface area contributed by atoms with Crippen molar-refractivity contribution in [3.8, 4) is 0 Å². The molecule has 9 heteroatoms. The minimum atomic E-state index is -3.81. The molecule has 0 atom stereocenters. The van der Waals surface area contributed by atoms with E-state index in [2.05, 4.69) is 20.9 Å². The van der Waals surface area contributed by atoms with Gasteiger partial charge in [0.25, 0.3) is 0 Å². The number of anilines is 1. The van der Waals surface area contributed by atoms with Crippen molar-refractivity contribution in [2.45, 2.75) is 24.3 Å². The Hall–Kier alpha value is -2.36. The summed E-state index contributed by atoms with van der Waals surface area (Å²) in [5.41, 5.74) is 7.15. The lowest BCUT2D eigenvalue weighted by atomic mass is 10.2. The smallest absolute Gasteiger partial charge is 0.320 e. The first-order valence-electron chi connectivity index (χ1n) is 9.30. The van der Waals surface area contributed by atoms with Gasteiger partial charge in [-0.15, -0.1) is 0 Å². The van der Waals surface area contributed by atoms with Crippen LogP contribution in [0.5, 0.6) is 0 Å². The van der Waals surface area contributed by atoms with E-state index >= 15 is 0 Å². The summed E-state index contributed by atoms with van der Waals surface area (Å²) in [5, 5.41) is 0.528. The zero-order valence-corrected chi connectivity index (χ0v) is 18.0. The molecule has 2 aromatic carbocycles. The highest BCUT2D eigenvalue weighted by atomic mass is 79.9. The monoisotopic (exact) mass is 476 g/mol. The Morgan fingerprint density at radius 3 is 2.48 bits per heavy atom. The predicted molar refractivity (Wildman–Crippen MR) is 116 cm³/mol. The SMILES string of the molecule is NC(=O)N(Cc1ccccc1)c1[nH]c2ccc(Br)cc2c1S(=O)(=O)N1CCCC1. The highest BCUT2D eigenvalue weighted by Gasteiger charge is 2.35. The summed E-state index contributed by atoms with van der Waals surface area (Å²) in [6.07, 6.45) is 1.65. The van der Waals surface area contributed by atoms with E-state index in [1.165, 1.54) is 9.21 Å². The lowest BCUT2D eigenvalue weighted by Gasteiger charge is -2.23. The number of nitrogens with two attached hydrogens (primary N) is 1. The van der Waals surface area contributed by atoms with Crippen LogP contribution < -0.4 is 10.6 Å². The number of carbonyl (C=O) groups excluding carboxylic acids is 1. The van der Waals surface area contributed by atoms with E-state index in [4.69, 9.17) is 5.73 Å². The second-order valence-electron chi connectivity index (χ2n) is 7.01. The van der Waals surface area contributed by atoms with Gasteiger partial charge in [-0.05, 0) is 36.6 Å². The molecule has 0 spiro atoms. The second kappa shape index (κ2) is 7.81. The van der Waals surface area contributed by atoms with Crippen LogP contribution in [0.2, 0.25) is 0 Å². The Kier molecular flexibility index (Phi) is 5.37. The summed E-state index contributed by atoms with van der Waals surface area (Å²) in [4.78, 5) is 16.9. The van der Waals surface area contributed by atoms with Gasteiger partial charge in [-0.1, -0.05) is 46.3 Å². The van der Waals surface area contributed by atoms with E-state index < -0.39 is 16.1 Å². The average Bonchev–Trinajstić information content (AvgIpc) is 3.35. The topological polar surface area (TPSA) is 99.5 Å². The van der Waals surface area contributed by atoms with Gasteiger partial charge in [-0.3, -0.25) is 4.90 Å². The van der Waals surface area contributed by atoms with E-state index in [0.717, 1.165) is 22.9 Å². The molecule has 1 aliphatic rings. The molecule has 0 aliphatic carbocycles. The summed E-state index contributed by atoms with van der Waals surface area (Å²) in [6.45, 7) is 1.10. The molecule has 4 rings (SSSR count). The molecule has 0 saturated carbocycles. The number of hydrogen-bond donors (Lipinski definition) is 2. The fraction of sp³-hybridized carbons (Fsp3) is 0.250. The Morgan fingerprint density at radius 1 is 1.14 bits per heavy atom. The second-order valence-corrected chi connectivity index (χ2v) is 9.80. The van der Waals surface area contributed by atoms with Gasteiger partial charge in [0, 0.05) is 28.5 Å². The number of nitrogens with one attached hydrogen (secondary N) is 1. The van der Waals surface area contributed by atoms with Gasteiger partial charge in [0.05, 0.1) is 6.54 Å². The number of sulfonamides is 1. The van der Waals surface area contributed by atoms with Crippen LogP contribution in [0.25, 0.3) is 10.9 Å². The van der Waals surface area contributed by atoms with Crippen molar-refractivity contribution in [2.24, 2.45) is 5.73 Å². The molecule has 152 valence electrons. The molecule has 1 saturated heterocycles. The third-order valence-electron chi connectivity index (χ3n) is 5.08. The molecule has 2 amide bonds. The van der Waals surface area contributed by atoms with Gasteiger partial charge < -0.3 is 10.7 Å². The molecule has 2 heterocycles. The summed E-state index contributed by atoms with van der Waals surface area (Å²) >= 11 is 3.42. The van der Waals surface area contributed by atoms with E-state index in [9.17, 15) is 13.2 Å². The number of benzene rings is 2. The third kappa shape index (κ3) is 3.77. The number of primary amides is 1. The standard InChI is InChI=1S/C20H21BrN4O3S/c21-15-8-9-17-16(12-15)18(29(27,28)24-10-4-5-11-24)19(23-17)25(20(22)26)13-14-6-2-1-3-7-14/h1-3,6-9,12,23H,4-5,10-11,13H2,(H2,22,26). The normalized spacial score (nSPS) is 15.1. The van der Waals surface area contributed by atoms with Crippen LogP contribution >= 0.6 is 15.9 Å². The van der Waals surface area contributed by atoms with Gasteiger partial charge in [0.2, 0.25) is 10.0 Å². The number of carbonyl (C=O) groups is 1. The summed E-state index contributed by atoms with van der Waals surface area (Å²) < 4.78 is 29.3. The molecule has 0 bridgehead atoms. The molecule has 7 nitrogen and oxygen atoms in total. The molecule has 1 fully saturated rings. The summed E-state index contributed by atoms with van der Waals surface area (Å²) in [5.74, 6) is 0.196. The number of aromatic nitrogens is 1. The van der Waals surface area contributed by atoms with Crippen molar-refractivity contribution in [1.29, 1.82) is 0 Å². The van der Waals surface area contributed by atoms with Crippen LogP contribution in [0, 0.1) is 0 Å². The van der Waals surface area contributed by atoms with Crippen molar-refractivity contribution in [3.05, 3.63) is 58.6 Å². The maximum Gasteiger partial charge on any atom is 0.320 e. The number of aromatic amines is 1. The maximum absolute atomic E-state index is 13.5. The molecular weight excluding hydrogens is 456 g/mol. The summed E-state index contributed by atoms with van der Waals surface area (Å²) in [7, 11) is -3.81. The van der Waals surface area contributed by atoms with Crippen LogP contribution in [0.1, 0.15) is 18.4 Å². The zero-order chi connectivity index (χ0) is 20.6. The number of H-pyrrole nitrogens is 1. The predicted octanol–water partition coefficient (Wildman–Crippen LogP) is 3.80. The number of urea groups is 1. The van der Waals surface area contributed by atoms with E-state index in [1.54, 1.807) is 12.1 Å². The Balaban J connectivity index is 1.92. The van der Waals surface area contributed by atoms with Crippen molar-refractivity contribution >= 4 is 48.7 Å². The van der Waals surface area contributed by atoms with Crippen LogP contribution in [0.3, 0.4) is 0 Å². The largest absolute Gasteiger partial charge is 0.351 e. The maximum atomic E-state index is 13.5.